The molecule has 0 aromatic heterocycles. The van der Waals surface area contributed by atoms with E-state index in [-0.39, 0.29) is 5.78 Å². The van der Waals surface area contributed by atoms with E-state index in [1.165, 1.54) is 0 Å². The first-order chi connectivity index (χ1) is 8.65. The molecule has 0 aliphatic carbocycles. The summed E-state index contributed by atoms with van der Waals surface area (Å²) in [5, 5.41) is 3.10. The first-order valence-electron chi connectivity index (χ1n) is 6.21. The number of ether oxygens (including phenoxy) is 1. The summed E-state index contributed by atoms with van der Waals surface area (Å²) >= 11 is 0. The van der Waals surface area contributed by atoms with Crippen molar-refractivity contribution in [2.75, 3.05) is 40.3 Å². The van der Waals surface area contributed by atoms with Gasteiger partial charge in [0.05, 0.1) is 5.56 Å². The molecule has 0 aliphatic heterocycles. The highest BCUT2D eigenvalue weighted by Crippen LogP contribution is 2.18. The third kappa shape index (κ3) is 4.85. The minimum absolute atomic E-state index is 0.0362. The molecular formula is C14H22N2O2. The van der Waals surface area contributed by atoms with Gasteiger partial charge in [-0.05, 0) is 33.2 Å². The molecule has 0 aliphatic rings. The van der Waals surface area contributed by atoms with Crippen LogP contribution in [0, 0.1) is 0 Å². The number of para-hydroxylation sites is 1. The van der Waals surface area contributed by atoms with E-state index in [2.05, 4.69) is 17.3 Å². The fourth-order valence-electron chi connectivity index (χ4n) is 1.61. The summed E-state index contributed by atoms with van der Waals surface area (Å²) in [7, 11) is 3.99. The van der Waals surface area contributed by atoms with E-state index in [4.69, 9.17) is 4.74 Å². The number of Topliss-reactive ketones (excluding diaryl/α,β-unsaturated/α-hetero) is 1. The van der Waals surface area contributed by atoms with E-state index in [0.717, 1.165) is 19.6 Å². The minimum atomic E-state index is 0.0362. The molecule has 0 unspecified atom stereocenters. The standard InChI is InChI=1S/C14H22N2O2/c1-12(17)13-6-4-5-7-14(13)18-11-10-16(3)9-8-15-2/h4-7,15H,8-11H2,1-3H3. The molecule has 0 amide bonds. The molecule has 1 rings (SSSR count). The summed E-state index contributed by atoms with van der Waals surface area (Å²) in [5.41, 5.74) is 0.648. The highest BCUT2D eigenvalue weighted by atomic mass is 16.5. The first kappa shape index (κ1) is 14.7. The molecule has 100 valence electrons. The molecule has 18 heavy (non-hydrogen) atoms. The molecular weight excluding hydrogens is 228 g/mol. The lowest BCUT2D eigenvalue weighted by atomic mass is 10.1. The zero-order valence-electron chi connectivity index (χ0n) is 11.4. The lowest BCUT2D eigenvalue weighted by molar-refractivity contribution is 0.101. The largest absolute Gasteiger partial charge is 0.491 e. The Bertz CT molecular complexity index is 380. The van der Waals surface area contributed by atoms with Crippen molar-refractivity contribution in [3.8, 4) is 5.75 Å². The molecule has 4 heteroatoms. The second-order valence-electron chi connectivity index (χ2n) is 4.31. The Morgan fingerprint density at radius 3 is 2.72 bits per heavy atom. The van der Waals surface area contributed by atoms with Gasteiger partial charge in [-0.25, -0.2) is 0 Å². The lowest BCUT2D eigenvalue weighted by Crippen LogP contribution is -2.30. The van der Waals surface area contributed by atoms with Gasteiger partial charge in [-0.3, -0.25) is 4.79 Å². The van der Waals surface area contributed by atoms with Gasteiger partial charge < -0.3 is 15.0 Å². The zero-order chi connectivity index (χ0) is 13.4. The Hall–Kier alpha value is -1.39. The maximum Gasteiger partial charge on any atom is 0.163 e. The number of likely N-dealkylation sites (N-methyl/N-ethyl adjacent to an activating group) is 2. The van der Waals surface area contributed by atoms with Crippen LogP contribution in [-0.2, 0) is 0 Å². The monoisotopic (exact) mass is 250 g/mol. The summed E-state index contributed by atoms with van der Waals surface area (Å²) < 4.78 is 5.67. The molecule has 0 saturated carbocycles. The van der Waals surface area contributed by atoms with Gasteiger partial charge in [-0.1, -0.05) is 12.1 Å². The van der Waals surface area contributed by atoms with Crippen LogP contribution in [0.5, 0.6) is 5.75 Å². The van der Waals surface area contributed by atoms with Crippen molar-refractivity contribution < 1.29 is 9.53 Å². The number of hydrogen-bond donors (Lipinski definition) is 1. The molecule has 4 nitrogen and oxygen atoms in total. The number of rotatable bonds is 8. The highest BCUT2D eigenvalue weighted by Gasteiger charge is 2.07. The number of nitrogens with one attached hydrogen (secondary N) is 1. The summed E-state index contributed by atoms with van der Waals surface area (Å²) in [5.74, 6) is 0.709. The molecule has 0 saturated heterocycles. The quantitative estimate of drug-likeness (QED) is 0.709. The van der Waals surface area contributed by atoms with Crippen LogP contribution in [0.1, 0.15) is 17.3 Å². The van der Waals surface area contributed by atoms with Crippen molar-refractivity contribution in [3.63, 3.8) is 0 Å². The van der Waals surface area contributed by atoms with E-state index in [1.54, 1.807) is 13.0 Å². The van der Waals surface area contributed by atoms with Gasteiger partial charge >= 0.3 is 0 Å². The number of nitrogens with zero attached hydrogens (tertiary/aromatic N) is 1. The Balaban J connectivity index is 2.41. The molecule has 0 radical (unpaired) electrons. The van der Waals surface area contributed by atoms with Gasteiger partial charge in [0, 0.05) is 19.6 Å². The van der Waals surface area contributed by atoms with Crippen LogP contribution in [0.15, 0.2) is 24.3 Å². The smallest absolute Gasteiger partial charge is 0.163 e. The first-order valence-corrected chi connectivity index (χ1v) is 6.21. The maximum atomic E-state index is 11.4. The SMILES string of the molecule is CNCCN(C)CCOc1ccccc1C(C)=O. The molecule has 0 fully saturated rings. The predicted molar refractivity (Wildman–Crippen MR) is 73.4 cm³/mol. The lowest BCUT2D eigenvalue weighted by Gasteiger charge is -2.17. The van der Waals surface area contributed by atoms with Crippen molar-refractivity contribution >= 4 is 5.78 Å². The Morgan fingerprint density at radius 1 is 1.33 bits per heavy atom. The fraction of sp³-hybridized carbons (Fsp3) is 0.500. The number of hydrogen-bond acceptors (Lipinski definition) is 4. The van der Waals surface area contributed by atoms with E-state index in [0.29, 0.717) is 17.9 Å². The molecule has 1 aromatic rings. The van der Waals surface area contributed by atoms with Gasteiger partial charge in [0.2, 0.25) is 0 Å². The van der Waals surface area contributed by atoms with Crippen molar-refractivity contribution in [2.45, 2.75) is 6.92 Å². The van der Waals surface area contributed by atoms with Crippen molar-refractivity contribution in [3.05, 3.63) is 29.8 Å². The van der Waals surface area contributed by atoms with Crippen LogP contribution in [0.2, 0.25) is 0 Å². The number of benzene rings is 1. The van der Waals surface area contributed by atoms with E-state index < -0.39 is 0 Å². The van der Waals surface area contributed by atoms with Gasteiger partial charge in [-0.15, -0.1) is 0 Å². The van der Waals surface area contributed by atoms with Crippen molar-refractivity contribution in [2.24, 2.45) is 0 Å². The highest BCUT2D eigenvalue weighted by molar-refractivity contribution is 5.96. The Morgan fingerprint density at radius 2 is 2.06 bits per heavy atom. The van der Waals surface area contributed by atoms with E-state index in [9.17, 15) is 4.79 Å². The number of carbonyl (C=O) groups excluding carboxylic acids is 1. The second-order valence-corrected chi connectivity index (χ2v) is 4.31. The van der Waals surface area contributed by atoms with Gasteiger partial charge in [0.1, 0.15) is 12.4 Å². The third-order valence-electron chi connectivity index (χ3n) is 2.74. The van der Waals surface area contributed by atoms with Crippen molar-refractivity contribution in [1.82, 2.24) is 10.2 Å². The van der Waals surface area contributed by atoms with Crippen molar-refractivity contribution in [1.29, 1.82) is 0 Å². The fourth-order valence-corrected chi connectivity index (χ4v) is 1.61. The Kier molecular flexibility index (Phi) is 6.39. The van der Waals surface area contributed by atoms with Crippen LogP contribution in [0.25, 0.3) is 0 Å². The second kappa shape index (κ2) is 7.84. The topological polar surface area (TPSA) is 41.6 Å². The molecule has 0 bridgehead atoms. The average molecular weight is 250 g/mol. The van der Waals surface area contributed by atoms with Gasteiger partial charge in [0.15, 0.2) is 5.78 Å². The molecule has 0 spiro atoms. The number of ketones is 1. The normalized spacial score (nSPS) is 10.7. The predicted octanol–water partition coefficient (Wildman–Crippen LogP) is 1.42. The van der Waals surface area contributed by atoms with E-state index in [1.807, 2.05) is 25.2 Å². The Labute approximate surface area is 109 Å². The van der Waals surface area contributed by atoms with Crippen LogP contribution in [-0.4, -0.2) is 51.0 Å². The van der Waals surface area contributed by atoms with Crippen LogP contribution < -0.4 is 10.1 Å². The maximum absolute atomic E-state index is 11.4. The van der Waals surface area contributed by atoms with E-state index >= 15 is 0 Å². The average Bonchev–Trinajstić information content (AvgIpc) is 2.36. The summed E-state index contributed by atoms with van der Waals surface area (Å²) in [4.78, 5) is 13.6. The van der Waals surface area contributed by atoms with Gasteiger partial charge in [0.25, 0.3) is 0 Å². The van der Waals surface area contributed by atoms with Gasteiger partial charge in [-0.2, -0.15) is 0 Å². The minimum Gasteiger partial charge on any atom is -0.491 e. The summed E-state index contributed by atoms with van der Waals surface area (Å²) in [6.07, 6.45) is 0. The third-order valence-corrected chi connectivity index (χ3v) is 2.74. The molecule has 1 aromatic carbocycles. The number of carbonyl (C=O) groups is 1. The van der Waals surface area contributed by atoms with Crippen LogP contribution in [0.3, 0.4) is 0 Å². The molecule has 0 heterocycles. The molecule has 0 atom stereocenters. The summed E-state index contributed by atoms with van der Waals surface area (Å²) in [6, 6.07) is 7.36. The molecule has 1 N–H and O–H groups in total. The van der Waals surface area contributed by atoms with Crippen LogP contribution >= 0.6 is 0 Å². The zero-order valence-corrected chi connectivity index (χ0v) is 11.4. The summed E-state index contributed by atoms with van der Waals surface area (Å²) in [6.45, 7) is 4.93. The van der Waals surface area contributed by atoms with Crippen LogP contribution in [0.4, 0.5) is 0 Å².